The second-order valence-corrected chi connectivity index (χ2v) is 8.60. The fourth-order valence-electron chi connectivity index (χ4n) is 4.59. The quantitative estimate of drug-likeness (QED) is 0.505. The Hall–Kier alpha value is -2.95. The highest BCUT2D eigenvalue weighted by Gasteiger charge is 2.18. The Morgan fingerprint density at radius 3 is 2.52 bits per heavy atom. The van der Waals surface area contributed by atoms with Crippen molar-refractivity contribution in [3.8, 4) is 11.1 Å². The predicted octanol–water partition coefficient (Wildman–Crippen LogP) is 5.77. The van der Waals surface area contributed by atoms with Gasteiger partial charge < -0.3 is 5.11 Å². The maximum Gasteiger partial charge on any atom is 0.336 e. The molecule has 0 unspecified atom stereocenters. The maximum absolute atomic E-state index is 11.5. The lowest BCUT2D eigenvalue weighted by Gasteiger charge is -2.19. The second-order valence-electron chi connectivity index (χ2n) is 8.60. The number of aromatic carboxylic acids is 1. The van der Waals surface area contributed by atoms with Crippen LogP contribution in [0.5, 0.6) is 0 Å². The van der Waals surface area contributed by atoms with E-state index in [1.807, 2.05) is 24.3 Å². The van der Waals surface area contributed by atoms with E-state index >= 15 is 0 Å². The van der Waals surface area contributed by atoms with Crippen LogP contribution in [0, 0.1) is 5.92 Å². The Balaban J connectivity index is 1.51. The Kier molecular flexibility index (Phi) is 6.80. The number of rotatable bonds is 8. The average molecular weight is 418 g/mol. The molecule has 4 rings (SSSR count). The molecule has 0 aliphatic heterocycles. The van der Waals surface area contributed by atoms with Gasteiger partial charge in [-0.05, 0) is 35.1 Å². The molecule has 1 saturated carbocycles. The molecular weight excluding hydrogens is 386 g/mol. The highest BCUT2D eigenvalue weighted by Crippen LogP contribution is 2.27. The van der Waals surface area contributed by atoms with Crippen LogP contribution in [-0.2, 0) is 19.4 Å². The standard InChI is InChI=1S/C26H31N3O2/c1-2-16-29-25(27-24(28-29)17-19-8-4-3-5-9-19)18-20-12-14-21(15-13-20)22-10-6-7-11-23(22)26(30)31/h6-7,10-15,19H,2-5,8-9,16-18H2,1H3,(H,30,31). The van der Waals surface area contributed by atoms with Crippen LogP contribution in [0.25, 0.3) is 11.1 Å². The second kappa shape index (κ2) is 9.90. The van der Waals surface area contributed by atoms with Crippen molar-refractivity contribution in [2.75, 3.05) is 0 Å². The van der Waals surface area contributed by atoms with Crippen molar-refractivity contribution >= 4 is 5.97 Å². The molecular formula is C26H31N3O2. The maximum atomic E-state index is 11.5. The van der Waals surface area contributed by atoms with Crippen LogP contribution in [0.1, 0.15) is 73.0 Å². The lowest BCUT2D eigenvalue weighted by molar-refractivity contribution is 0.0697. The number of aromatic nitrogens is 3. The molecule has 1 aliphatic rings. The number of carbonyl (C=O) groups is 1. The summed E-state index contributed by atoms with van der Waals surface area (Å²) in [5.41, 5.74) is 3.14. The molecule has 1 heterocycles. The SMILES string of the molecule is CCCn1nc(CC2CCCCC2)nc1Cc1ccc(-c2ccccc2C(=O)O)cc1. The summed E-state index contributed by atoms with van der Waals surface area (Å²) in [4.78, 5) is 16.4. The zero-order valence-electron chi connectivity index (χ0n) is 18.3. The molecule has 0 atom stereocenters. The van der Waals surface area contributed by atoms with E-state index in [9.17, 15) is 9.90 Å². The molecule has 5 nitrogen and oxygen atoms in total. The first kappa shape index (κ1) is 21.3. The number of hydrogen-bond donors (Lipinski definition) is 1. The minimum absolute atomic E-state index is 0.324. The average Bonchev–Trinajstić information content (AvgIpc) is 3.16. The molecule has 1 N–H and O–H groups in total. The summed E-state index contributed by atoms with van der Waals surface area (Å²) in [6.07, 6.45) is 9.41. The molecule has 31 heavy (non-hydrogen) atoms. The normalized spacial score (nSPS) is 14.6. The van der Waals surface area contributed by atoms with Gasteiger partial charge >= 0.3 is 5.97 Å². The van der Waals surface area contributed by atoms with Crippen LogP contribution < -0.4 is 0 Å². The van der Waals surface area contributed by atoms with Crippen LogP contribution in [-0.4, -0.2) is 25.8 Å². The highest BCUT2D eigenvalue weighted by molar-refractivity contribution is 5.95. The fourth-order valence-corrected chi connectivity index (χ4v) is 4.59. The number of hydrogen-bond acceptors (Lipinski definition) is 3. The van der Waals surface area contributed by atoms with Crippen molar-refractivity contribution in [3.05, 3.63) is 71.3 Å². The molecule has 162 valence electrons. The third-order valence-electron chi connectivity index (χ3n) is 6.21. The molecule has 2 aromatic carbocycles. The zero-order chi connectivity index (χ0) is 21.6. The van der Waals surface area contributed by atoms with E-state index in [2.05, 4.69) is 23.7 Å². The smallest absolute Gasteiger partial charge is 0.336 e. The number of carboxylic acids is 1. The van der Waals surface area contributed by atoms with Crippen LogP contribution in [0.3, 0.4) is 0 Å². The number of benzene rings is 2. The Morgan fingerprint density at radius 1 is 1.06 bits per heavy atom. The van der Waals surface area contributed by atoms with Gasteiger partial charge in [0.15, 0.2) is 5.82 Å². The first-order valence-electron chi connectivity index (χ1n) is 11.5. The molecule has 0 spiro atoms. The number of nitrogens with zero attached hydrogens (tertiary/aromatic N) is 3. The summed E-state index contributed by atoms with van der Waals surface area (Å²) in [6.45, 7) is 3.05. The molecule has 1 fully saturated rings. The van der Waals surface area contributed by atoms with Crippen LogP contribution in [0.15, 0.2) is 48.5 Å². The lowest BCUT2D eigenvalue weighted by atomic mass is 9.87. The van der Waals surface area contributed by atoms with Gasteiger partial charge in [0.2, 0.25) is 0 Å². The van der Waals surface area contributed by atoms with Crippen molar-refractivity contribution < 1.29 is 9.90 Å². The minimum atomic E-state index is -0.905. The predicted molar refractivity (Wildman–Crippen MR) is 122 cm³/mol. The topological polar surface area (TPSA) is 68.0 Å². The zero-order valence-corrected chi connectivity index (χ0v) is 18.3. The Bertz CT molecular complexity index is 1020. The van der Waals surface area contributed by atoms with Crippen molar-refractivity contribution in [2.45, 2.75) is 64.8 Å². The number of carboxylic acid groups (broad SMARTS) is 1. The summed E-state index contributed by atoms with van der Waals surface area (Å²) in [5.74, 6) is 1.83. The lowest BCUT2D eigenvalue weighted by Crippen LogP contribution is -2.10. The van der Waals surface area contributed by atoms with E-state index < -0.39 is 5.97 Å². The van der Waals surface area contributed by atoms with Crippen molar-refractivity contribution in [1.82, 2.24) is 14.8 Å². The van der Waals surface area contributed by atoms with Crippen LogP contribution in [0.2, 0.25) is 0 Å². The van der Waals surface area contributed by atoms with Gasteiger partial charge in [-0.1, -0.05) is 81.5 Å². The molecule has 5 heteroatoms. The summed E-state index contributed by atoms with van der Waals surface area (Å²) < 4.78 is 2.08. The van der Waals surface area contributed by atoms with Gasteiger partial charge in [-0.2, -0.15) is 5.10 Å². The third-order valence-corrected chi connectivity index (χ3v) is 6.21. The van der Waals surface area contributed by atoms with Gasteiger partial charge in [0.05, 0.1) is 5.56 Å². The van der Waals surface area contributed by atoms with Gasteiger partial charge in [0, 0.05) is 19.4 Å². The molecule has 3 aromatic rings. The summed E-state index contributed by atoms with van der Waals surface area (Å²) in [5, 5.41) is 14.3. The van der Waals surface area contributed by atoms with E-state index in [-0.39, 0.29) is 0 Å². The van der Waals surface area contributed by atoms with E-state index in [0.717, 1.165) is 60.1 Å². The minimum Gasteiger partial charge on any atom is -0.478 e. The molecule has 0 bridgehead atoms. The highest BCUT2D eigenvalue weighted by atomic mass is 16.4. The molecule has 0 radical (unpaired) electrons. The van der Waals surface area contributed by atoms with Crippen molar-refractivity contribution in [1.29, 1.82) is 0 Å². The molecule has 0 amide bonds. The van der Waals surface area contributed by atoms with Gasteiger partial charge in [-0.25, -0.2) is 14.5 Å². The van der Waals surface area contributed by atoms with Crippen molar-refractivity contribution in [3.63, 3.8) is 0 Å². The summed E-state index contributed by atoms with van der Waals surface area (Å²) in [6, 6.07) is 15.3. The first-order valence-corrected chi connectivity index (χ1v) is 11.5. The van der Waals surface area contributed by atoms with Crippen LogP contribution in [0.4, 0.5) is 0 Å². The Morgan fingerprint density at radius 2 is 1.81 bits per heavy atom. The summed E-state index contributed by atoms with van der Waals surface area (Å²) >= 11 is 0. The van der Waals surface area contributed by atoms with E-state index in [1.54, 1.807) is 12.1 Å². The summed E-state index contributed by atoms with van der Waals surface area (Å²) in [7, 11) is 0. The van der Waals surface area contributed by atoms with E-state index in [0.29, 0.717) is 5.56 Å². The van der Waals surface area contributed by atoms with Gasteiger partial charge in [0.1, 0.15) is 5.82 Å². The van der Waals surface area contributed by atoms with Gasteiger partial charge in [0.25, 0.3) is 0 Å². The van der Waals surface area contributed by atoms with Crippen molar-refractivity contribution in [2.24, 2.45) is 5.92 Å². The Labute approximate surface area is 184 Å². The fraction of sp³-hybridized carbons (Fsp3) is 0.423. The molecule has 0 saturated heterocycles. The monoisotopic (exact) mass is 417 g/mol. The van der Waals surface area contributed by atoms with E-state index in [1.165, 1.54) is 32.1 Å². The van der Waals surface area contributed by atoms with Crippen LogP contribution >= 0.6 is 0 Å². The van der Waals surface area contributed by atoms with Gasteiger partial charge in [-0.15, -0.1) is 0 Å². The van der Waals surface area contributed by atoms with Gasteiger partial charge in [-0.3, -0.25) is 0 Å². The largest absolute Gasteiger partial charge is 0.478 e. The first-order chi connectivity index (χ1) is 15.1. The molecule has 1 aromatic heterocycles. The number of aryl methyl sites for hydroxylation is 1. The molecule has 1 aliphatic carbocycles. The van der Waals surface area contributed by atoms with E-state index in [4.69, 9.17) is 10.1 Å². The third kappa shape index (κ3) is 5.22.